The molecule has 2 aliphatic rings. The van der Waals surface area contributed by atoms with E-state index in [4.69, 9.17) is 9.47 Å². The Morgan fingerprint density at radius 2 is 2.08 bits per heavy atom. The number of sulfonamides is 1. The first kappa shape index (κ1) is 19.7. The summed E-state index contributed by atoms with van der Waals surface area (Å²) in [5, 5.41) is 10.6. The zero-order valence-corrected chi connectivity index (χ0v) is 16.1. The molecule has 4 atom stereocenters. The van der Waals surface area contributed by atoms with Crippen molar-refractivity contribution in [2.75, 3.05) is 33.4 Å². The molecular formula is C18H28N2O5S. The smallest absolute Gasteiger partial charge is 0.240 e. The van der Waals surface area contributed by atoms with Gasteiger partial charge in [0.15, 0.2) is 0 Å². The zero-order chi connectivity index (χ0) is 18.7. The average Bonchev–Trinajstić information content (AvgIpc) is 3.17. The average molecular weight is 384 g/mol. The summed E-state index contributed by atoms with van der Waals surface area (Å²) in [6.07, 6.45) is 0.887. The molecule has 8 heteroatoms. The molecule has 1 aromatic carbocycles. The Morgan fingerprint density at radius 1 is 1.35 bits per heavy atom. The second-order valence-electron chi connectivity index (χ2n) is 7.15. The van der Waals surface area contributed by atoms with Gasteiger partial charge in [-0.25, -0.2) is 13.1 Å². The molecule has 0 radical (unpaired) electrons. The van der Waals surface area contributed by atoms with E-state index in [1.165, 1.54) is 0 Å². The Balaban J connectivity index is 1.60. The summed E-state index contributed by atoms with van der Waals surface area (Å²) in [6, 6.07) is 6.33. The van der Waals surface area contributed by atoms with Gasteiger partial charge in [-0.05, 0) is 38.4 Å². The van der Waals surface area contributed by atoms with E-state index in [0.717, 1.165) is 24.9 Å². The van der Waals surface area contributed by atoms with Crippen LogP contribution in [-0.4, -0.2) is 76.1 Å². The van der Waals surface area contributed by atoms with Crippen LogP contribution >= 0.6 is 0 Å². The number of nitrogens with one attached hydrogen (secondary N) is 1. The van der Waals surface area contributed by atoms with Gasteiger partial charge in [-0.2, -0.15) is 0 Å². The number of aryl methyl sites for hydroxylation is 1. The van der Waals surface area contributed by atoms with Crippen molar-refractivity contribution in [3.05, 3.63) is 29.8 Å². The van der Waals surface area contributed by atoms with Crippen LogP contribution in [0.25, 0.3) is 0 Å². The number of benzene rings is 1. The predicted molar refractivity (Wildman–Crippen MR) is 97.5 cm³/mol. The summed E-state index contributed by atoms with van der Waals surface area (Å²) in [4.78, 5) is 2.45. The molecule has 1 aromatic rings. The van der Waals surface area contributed by atoms with Crippen LogP contribution in [0.1, 0.15) is 18.4 Å². The van der Waals surface area contributed by atoms with Gasteiger partial charge in [-0.3, -0.25) is 4.90 Å². The largest absolute Gasteiger partial charge is 0.389 e. The van der Waals surface area contributed by atoms with E-state index < -0.39 is 28.3 Å². The van der Waals surface area contributed by atoms with Gasteiger partial charge in [0.25, 0.3) is 0 Å². The third kappa shape index (κ3) is 4.44. The van der Waals surface area contributed by atoms with E-state index in [1.807, 2.05) is 6.92 Å². The van der Waals surface area contributed by atoms with Crippen molar-refractivity contribution in [3.63, 3.8) is 0 Å². The maximum Gasteiger partial charge on any atom is 0.240 e. The molecule has 3 rings (SSSR count). The first-order chi connectivity index (χ1) is 12.4. The number of rotatable bonds is 7. The Labute approximate surface area is 155 Å². The summed E-state index contributed by atoms with van der Waals surface area (Å²) in [5.74, 6) is 0. The highest BCUT2D eigenvalue weighted by Crippen LogP contribution is 2.23. The van der Waals surface area contributed by atoms with E-state index in [2.05, 4.69) is 9.62 Å². The standard InChI is InChI=1S/C18H28N2O5S/c1-13-5-7-15(8-6-13)26(22,23)19-16-12-25-17(18(16)21)10-20-9-3-4-14(20)11-24-2/h5-8,14,16-19,21H,3-4,9-12H2,1-2H3. The van der Waals surface area contributed by atoms with Crippen molar-refractivity contribution in [1.82, 2.24) is 9.62 Å². The van der Waals surface area contributed by atoms with E-state index in [-0.39, 0.29) is 11.5 Å². The van der Waals surface area contributed by atoms with Crippen molar-refractivity contribution < 1.29 is 23.0 Å². The molecule has 0 bridgehead atoms. The molecule has 4 unspecified atom stereocenters. The molecule has 2 aliphatic heterocycles. The lowest BCUT2D eigenvalue weighted by atomic mass is 10.1. The lowest BCUT2D eigenvalue weighted by molar-refractivity contribution is 0.00485. The minimum atomic E-state index is -3.69. The first-order valence-electron chi connectivity index (χ1n) is 9.02. The molecule has 2 N–H and O–H groups in total. The number of methoxy groups -OCH3 is 1. The van der Waals surface area contributed by atoms with Crippen molar-refractivity contribution >= 4 is 10.0 Å². The Hall–Kier alpha value is -1.03. The first-order valence-corrected chi connectivity index (χ1v) is 10.5. The fraction of sp³-hybridized carbons (Fsp3) is 0.667. The summed E-state index contributed by atoms with van der Waals surface area (Å²) >= 11 is 0. The fourth-order valence-corrected chi connectivity index (χ4v) is 4.92. The van der Waals surface area contributed by atoms with Crippen LogP contribution in [0.5, 0.6) is 0 Å². The second-order valence-corrected chi connectivity index (χ2v) is 8.86. The molecule has 2 heterocycles. The van der Waals surface area contributed by atoms with Crippen LogP contribution in [0, 0.1) is 6.92 Å². The van der Waals surface area contributed by atoms with Crippen LogP contribution in [-0.2, 0) is 19.5 Å². The number of likely N-dealkylation sites (tertiary alicyclic amines) is 1. The quantitative estimate of drug-likeness (QED) is 0.712. The summed E-state index contributed by atoms with van der Waals surface area (Å²) in [5.41, 5.74) is 0.990. The van der Waals surface area contributed by atoms with Crippen LogP contribution < -0.4 is 4.72 Å². The fourth-order valence-electron chi connectivity index (χ4n) is 3.68. The number of aliphatic hydroxyl groups is 1. The highest BCUT2D eigenvalue weighted by Gasteiger charge is 2.40. The molecule has 0 saturated carbocycles. The number of nitrogens with zero attached hydrogens (tertiary/aromatic N) is 1. The van der Waals surface area contributed by atoms with Gasteiger partial charge in [-0.15, -0.1) is 0 Å². The van der Waals surface area contributed by atoms with Gasteiger partial charge in [0.05, 0.1) is 36.4 Å². The van der Waals surface area contributed by atoms with Crippen LogP contribution in [0.3, 0.4) is 0 Å². The number of hydrogen-bond donors (Lipinski definition) is 2. The van der Waals surface area contributed by atoms with Crippen molar-refractivity contribution in [2.24, 2.45) is 0 Å². The topological polar surface area (TPSA) is 88.1 Å². The van der Waals surface area contributed by atoms with Gasteiger partial charge in [-0.1, -0.05) is 17.7 Å². The van der Waals surface area contributed by atoms with E-state index in [9.17, 15) is 13.5 Å². The minimum Gasteiger partial charge on any atom is -0.389 e. The predicted octanol–water partition coefficient (Wildman–Crippen LogP) is 0.512. The maximum absolute atomic E-state index is 12.5. The SMILES string of the molecule is COCC1CCCN1CC1OCC(NS(=O)(=O)c2ccc(C)cc2)C1O. The van der Waals surface area contributed by atoms with Crippen molar-refractivity contribution in [1.29, 1.82) is 0 Å². The number of ether oxygens (including phenoxy) is 2. The van der Waals surface area contributed by atoms with Gasteiger partial charge in [0.2, 0.25) is 10.0 Å². The minimum absolute atomic E-state index is 0.166. The molecule has 0 aromatic heterocycles. The zero-order valence-electron chi connectivity index (χ0n) is 15.3. The number of hydrogen-bond acceptors (Lipinski definition) is 6. The Morgan fingerprint density at radius 3 is 2.77 bits per heavy atom. The third-order valence-electron chi connectivity index (χ3n) is 5.19. The molecule has 0 amide bonds. The van der Waals surface area contributed by atoms with Crippen LogP contribution in [0.2, 0.25) is 0 Å². The van der Waals surface area contributed by atoms with Crippen LogP contribution in [0.4, 0.5) is 0 Å². The van der Waals surface area contributed by atoms with Crippen molar-refractivity contribution in [2.45, 2.75) is 49.0 Å². The van der Waals surface area contributed by atoms with E-state index in [1.54, 1.807) is 31.4 Å². The lowest BCUT2D eigenvalue weighted by Crippen LogP contribution is -2.47. The lowest BCUT2D eigenvalue weighted by Gasteiger charge is -2.28. The molecule has 26 heavy (non-hydrogen) atoms. The van der Waals surface area contributed by atoms with Gasteiger partial charge < -0.3 is 14.6 Å². The molecule has 2 fully saturated rings. The van der Waals surface area contributed by atoms with Crippen molar-refractivity contribution in [3.8, 4) is 0 Å². The normalized spacial score (nSPS) is 30.1. The van der Waals surface area contributed by atoms with Crippen LogP contribution in [0.15, 0.2) is 29.2 Å². The van der Waals surface area contributed by atoms with Gasteiger partial charge >= 0.3 is 0 Å². The molecule has 2 saturated heterocycles. The van der Waals surface area contributed by atoms with E-state index in [0.29, 0.717) is 19.2 Å². The maximum atomic E-state index is 12.5. The highest BCUT2D eigenvalue weighted by atomic mass is 32.2. The Kier molecular flexibility index (Phi) is 6.32. The highest BCUT2D eigenvalue weighted by molar-refractivity contribution is 7.89. The molecule has 146 valence electrons. The van der Waals surface area contributed by atoms with E-state index >= 15 is 0 Å². The number of aliphatic hydroxyl groups excluding tert-OH is 1. The second kappa shape index (κ2) is 8.33. The van der Waals surface area contributed by atoms with Gasteiger partial charge in [0.1, 0.15) is 0 Å². The Bertz CT molecular complexity index is 694. The third-order valence-corrected chi connectivity index (χ3v) is 6.70. The summed E-state index contributed by atoms with van der Waals surface area (Å²) in [6.45, 7) is 4.25. The molecule has 7 nitrogen and oxygen atoms in total. The monoisotopic (exact) mass is 384 g/mol. The summed E-state index contributed by atoms with van der Waals surface area (Å²) in [7, 11) is -2.00. The molecular weight excluding hydrogens is 356 g/mol. The molecule has 0 spiro atoms. The molecule has 0 aliphatic carbocycles. The van der Waals surface area contributed by atoms with Gasteiger partial charge in [0, 0.05) is 19.7 Å². The summed E-state index contributed by atoms with van der Waals surface area (Å²) < 4.78 is 38.6.